The van der Waals surface area contributed by atoms with Crippen LogP contribution in [0.4, 0.5) is 8.78 Å². The van der Waals surface area contributed by atoms with Gasteiger partial charge in [-0.3, -0.25) is 9.59 Å². The van der Waals surface area contributed by atoms with Crippen LogP contribution >= 0.6 is 0 Å². The number of nitrogens with zero attached hydrogens (tertiary/aromatic N) is 3. The van der Waals surface area contributed by atoms with Crippen LogP contribution in [0.3, 0.4) is 0 Å². The predicted molar refractivity (Wildman–Crippen MR) is 78.6 cm³/mol. The van der Waals surface area contributed by atoms with Crippen LogP contribution in [-0.4, -0.2) is 53.3 Å². The van der Waals surface area contributed by atoms with Crippen molar-refractivity contribution in [3.8, 4) is 0 Å². The Bertz CT molecular complexity index is 642. The number of carbonyl (C=O) groups excluding carboxylic acids is 2. The van der Waals surface area contributed by atoms with Crippen LogP contribution in [0.15, 0.2) is 12.3 Å². The van der Waals surface area contributed by atoms with Crippen LogP contribution in [0.5, 0.6) is 0 Å². The van der Waals surface area contributed by atoms with Crippen LogP contribution in [0.2, 0.25) is 0 Å². The van der Waals surface area contributed by atoms with Crippen LogP contribution in [-0.2, 0) is 4.79 Å². The molecule has 1 aromatic rings. The van der Waals surface area contributed by atoms with E-state index in [0.29, 0.717) is 32.1 Å². The van der Waals surface area contributed by atoms with Gasteiger partial charge in [0.25, 0.3) is 5.91 Å². The zero-order valence-electron chi connectivity index (χ0n) is 13.0. The minimum atomic E-state index is -0.932. The lowest BCUT2D eigenvalue weighted by Gasteiger charge is -2.46. The molecule has 2 amide bonds. The van der Waals surface area contributed by atoms with Crippen LogP contribution in [0.1, 0.15) is 36.2 Å². The average Bonchev–Trinajstić information content (AvgIpc) is 2.52. The molecule has 0 aromatic carbocycles. The molecular formula is C16H19F2N3O2. The van der Waals surface area contributed by atoms with E-state index < -0.39 is 17.5 Å². The van der Waals surface area contributed by atoms with E-state index in [1.165, 1.54) is 0 Å². The Hall–Kier alpha value is -2.05. The summed E-state index contributed by atoms with van der Waals surface area (Å²) in [6.45, 7) is 1.70. The molecule has 0 unspecified atom stereocenters. The van der Waals surface area contributed by atoms with Gasteiger partial charge in [-0.25, -0.2) is 13.8 Å². The lowest BCUT2D eigenvalue weighted by Crippen LogP contribution is -2.51. The molecule has 23 heavy (non-hydrogen) atoms. The molecule has 0 atom stereocenters. The van der Waals surface area contributed by atoms with Gasteiger partial charge < -0.3 is 9.80 Å². The Balaban J connectivity index is 1.67. The second-order valence-corrected chi connectivity index (χ2v) is 6.53. The Morgan fingerprint density at radius 1 is 1.26 bits per heavy atom. The van der Waals surface area contributed by atoms with E-state index in [2.05, 4.69) is 4.98 Å². The number of hydrogen-bond donors (Lipinski definition) is 0. The highest BCUT2D eigenvalue weighted by atomic mass is 19.1. The third kappa shape index (κ3) is 3.04. The number of likely N-dealkylation sites (tertiary alicyclic amines) is 2. The zero-order valence-corrected chi connectivity index (χ0v) is 13.0. The van der Waals surface area contributed by atoms with E-state index in [4.69, 9.17) is 0 Å². The molecular weight excluding hydrogens is 304 g/mol. The van der Waals surface area contributed by atoms with E-state index in [-0.39, 0.29) is 17.0 Å². The van der Waals surface area contributed by atoms with Gasteiger partial charge in [0.2, 0.25) is 5.91 Å². The summed E-state index contributed by atoms with van der Waals surface area (Å²) in [5.74, 6) is -2.07. The first-order valence-corrected chi connectivity index (χ1v) is 7.74. The molecule has 2 aliphatic heterocycles. The van der Waals surface area contributed by atoms with Crippen LogP contribution in [0.25, 0.3) is 0 Å². The fourth-order valence-electron chi connectivity index (χ4n) is 3.55. The highest BCUT2D eigenvalue weighted by Crippen LogP contribution is 2.40. The van der Waals surface area contributed by atoms with Crippen molar-refractivity contribution in [1.82, 2.24) is 14.8 Å². The third-order valence-corrected chi connectivity index (χ3v) is 4.99. The van der Waals surface area contributed by atoms with Gasteiger partial charge in [-0.2, -0.15) is 0 Å². The summed E-state index contributed by atoms with van der Waals surface area (Å²) in [4.78, 5) is 30.9. The zero-order chi connectivity index (χ0) is 16.6. The van der Waals surface area contributed by atoms with Crippen molar-refractivity contribution in [3.05, 3.63) is 29.6 Å². The molecule has 0 saturated carbocycles. The number of piperidine rings is 2. The summed E-state index contributed by atoms with van der Waals surface area (Å²) < 4.78 is 26.6. The van der Waals surface area contributed by atoms with Gasteiger partial charge in [0, 0.05) is 39.2 Å². The SMILES string of the molecule is CN1CC2(CCC1=O)CCN(C(=O)c1ncc(F)cc1F)CC2. The number of pyridine rings is 1. The molecule has 3 rings (SSSR count). The normalized spacial score (nSPS) is 20.9. The molecule has 124 valence electrons. The first kappa shape index (κ1) is 15.8. The van der Waals surface area contributed by atoms with Gasteiger partial charge in [-0.15, -0.1) is 0 Å². The topological polar surface area (TPSA) is 53.5 Å². The second kappa shape index (κ2) is 5.86. The lowest BCUT2D eigenvalue weighted by atomic mass is 9.72. The van der Waals surface area contributed by atoms with Crippen molar-refractivity contribution < 1.29 is 18.4 Å². The Kier molecular flexibility index (Phi) is 4.04. The smallest absolute Gasteiger partial charge is 0.275 e. The highest BCUT2D eigenvalue weighted by molar-refractivity contribution is 5.92. The standard InChI is InChI=1S/C16H19F2N3O2/c1-20-10-16(3-2-13(20)22)4-6-21(7-5-16)15(23)14-12(18)8-11(17)9-19-14/h8-9H,2-7,10H2,1H3. The molecule has 0 N–H and O–H groups in total. The van der Waals surface area contributed by atoms with Gasteiger partial charge >= 0.3 is 0 Å². The number of hydrogen-bond acceptors (Lipinski definition) is 3. The second-order valence-electron chi connectivity index (χ2n) is 6.53. The summed E-state index contributed by atoms with van der Waals surface area (Å²) in [6.07, 6.45) is 3.78. The maximum atomic E-state index is 13.7. The van der Waals surface area contributed by atoms with E-state index in [1.54, 1.807) is 16.8 Å². The first-order chi connectivity index (χ1) is 10.9. The van der Waals surface area contributed by atoms with E-state index in [1.807, 2.05) is 0 Å². The van der Waals surface area contributed by atoms with Gasteiger partial charge in [-0.05, 0) is 24.7 Å². The molecule has 1 aromatic heterocycles. The maximum Gasteiger partial charge on any atom is 0.275 e. The fraction of sp³-hybridized carbons (Fsp3) is 0.562. The van der Waals surface area contributed by atoms with Crippen LogP contribution in [0, 0.1) is 17.0 Å². The van der Waals surface area contributed by atoms with Crippen LogP contribution < -0.4 is 0 Å². The molecule has 5 nitrogen and oxygen atoms in total. The molecule has 0 aliphatic carbocycles. The summed E-state index contributed by atoms with van der Waals surface area (Å²) in [7, 11) is 1.80. The molecule has 0 radical (unpaired) electrons. The van der Waals surface area contributed by atoms with Gasteiger partial charge in [0.05, 0.1) is 6.20 Å². The minimum absolute atomic E-state index is 0.0498. The number of halogens is 2. The molecule has 1 spiro atoms. The molecule has 2 aliphatic rings. The van der Waals surface area contributed by atoms with Crippen molar-refractivity contribution in [1.29, 1.82) is 0 Å². The number of aromatic nitrogens is 1. The molecule has 3 heterocycles. The Morgan fingerprint density at radius 3 is 2.57 bits per heavy atom. The first-order valence-electron chi connectivity index (χ1n) is 7.74. The molecule has 0 bridgehead atoms. The molecule has 2 saturated heterocycles. The van der Waals surface area contributed by atoms with Crippen molar-refractivity contribution >= 4 is 11.8 Å². The van der Waals surface area contributed by atoms with Crippen molar-refractivity contribution in [2.24, 2.45) is 5.41 Å². The number of rotatable bonds is 1. The number of amides is 2. The lowest BCUT2D eigenvalue weighted by molar-refractivity contribution is -0.137. The average molecular weight is 323 g/mol. The third-order valence-electron chi connectivity index (χ3n) is 4.99. The quantitative estimate of drug-likeness (QED) is 0.792. The Labute approximate surface area is 133 Å². The minimum Gasteiger partial charge on any atom is -0.345 e. The highest BCUT2D eigenvalue weighted by Gasteiger charge is 2.41. The molecule has 2 fully saturated rings. The van der Waals surface area contributed by atoms with Crippen molar-refractivity contribution in [2.75, 3.05) is 26.7 Å². The van der Waals surface area contributed by atoms with Gasteiger partial charge in [0.15, 0.2) is 11.5 Å². The largest absolute Gasteiger partial charge is 0.345 e. The predicted octanol–water partition coefficient (Wildman–Crippen LogP) is 1.83. The summed E-state index contributed by atoms with van der Waals surface area (Å²) in [5.41, 5.74) is -0.285. The van der Waals surface area contributed by atoms with E-state index >= 15 is 0 Å². The summed E-state index contributed by atoms with van der Waals surface area (Å²) >= 11 is 0. The van der Waals surface area contributed by atoms with Gasteiger partial charge in [0.1, 0.15) is 5.82 Å². The van der Waals surface area contributed by atoms with E-state index in [0.717, 1.165) is 25.5 Å². The fourth-order valence-corrected chi connectivity index (χ4v) is 3.55. The molecule has 7 heteroatoms. The summed E-state index contributed by atoms with van der Waals surface area (Å²) in [5, 5.41) is 0. The van der Waals surface area contributed by atoms with Crippen molar-refractivity contribution in [2.45, 2.75) is 25.7 Å². The monoisotopic (exact) mass is 323 g/mol. The van der Waals surface area contributed by atoms with E-state index in [9.17, 15) is 18.4 Å². The Morgan fingerprint density at radius 2 is 1.96 bits per heavy atom. The summed E-state index contributed by atoms with van der Waals surface area (Å²) in [6, 6.07) is 0.674. The van der Waals surface area contributed by atoms with Crippen molar-refractivity contribution in [3.63, 3.8) is 0 Å². The van der Waals surface area contributed by atoms with Gasteiger partial charge in [-0.1, -0.05) is 0 Å². The maximum absolute atomic E-state index is 13.7. The number of carbonyl (C=O) groups is 2.